The number of rotatable bonds is 6. The van der Waals surface area contributed by atoms with E-state index in [9.17, 15) is 4.79 Å². The molecule has 0 aliphatic heterocycles. The van der Waals surface area contributed by atoms with Crippen LogP contribution >= 0.6 is 0 Å². The topological polar surface area (TPSA) is 29.1 Å². The quantitative estimate of drug-likeness (QED) is 0.345. The molecule has 1 N–H and O–H groups in total. The third-order valence-electron chi connectivity index (χ3n) is 6.70. The number of benzene rings is 3. The first-order chi connectivity index (χ1) is 15.3. The number of fused-ring (bicyclic) bond motifs is 1. The minimum atomic E-state index is -2.52. The molecule has 3 aromatic carbocycles. The third-order valence-corrected chi connectivity index (χ3v) is 26.1. The van der Waals surface area contributed by atoms with Crippen LogP contribution in [0.1, 0.15) is 40.4 Å². The number of hydrogen-bond donors (Lipinski definition) is 1. The molecule has 0 bridgehead atoms. The van der Waals surface area contributed by atoms with Crippen LogP contribution in [0.4, 0.5) is 0 Å². The monoisotopic (exact) mass is 570 g/mol. The zero-order valence-electron chi connectivity index (χ0n) is 18.5. The fourth-order valence-electron chi connectivity index (χ4n) is 5.13. The van der Waals surface area contributed by atoms with Gasteiger partial charge in [-0.25, -0.2) is 0 Å². The van der Waals surface area contributed by atoms with Crippen molar-refractivity contribution >= 4 is 28.3 Å². The van der Waals surface area contributed by atoms with Gasteiger partial charge in [0, 0.05) is 0 Å². The number of allylic oxidation sites excluding steroid dienone is 1. The predicted molar refractivity (Wildman–Crippen MR) is 128 cm³/mol. The van der Waals surface area contributed by atoms with Gasteiger partial charge < -0.3 is 24.8 Å². The molecule has 0 saturated heterocycles. The average molecular weight is 573 g/mol. The zero-order valence-corrected chi connectivity index (χ0v) is 23.6. The van der Waals surface area contributed by atoms with E-state index in [0.29, 0.717) is 9.53 Å². The molecule has 1 amide bonds. The van der Waals surface area contributed by atoms with E-state index < -0.39 is 27.1 Å². The van der Waals surface area contributed by atoms with Crippen LogP contribution in [0.5, 0.6) is 0 Å². The van der Waals surface area contributed by atoms with E-state index >= 15 is 0 Å². The van der Waals surface area contributed by atoms with Gasteiger partial charge >= 0.3 is 195 Å². The van der Waals surface area contributed by atoms with Gasteiger partial charge in [0.15, 0.2) is 0 Å². The molecule has 2 aliphatic rings. The smallest absolute Gasteiger partial charge is 1.00 e. The van der Waals surface area contributed by atoms with Gasteiger partial charge in [-0.1, -0.05) is 0 Å². The van der Waals surface area contributed by atoms with Crippen molar-refractivity contribution in [3.05, 3.63) is 102 Å². The normalized spacial score (nSPS) is 16.6. The van der Waals surface area contributed by atoms with Gasteiger partial charge in [0.25, 0.3) is 0 Å². The molecular formula is C27H28Cl2NOSiZr. The standard InChI is InChI=1S/C12H11Si.C9H7.C6H11NO.2ClH.Zr/c1-3-7-11(8-4-1)13-12-9-5-2-6-10-12;1-2-5-9-7-3-6-8(9)4-1;7-6(8)5-3-1-2-4-5;;;/h1-10,13H;1-7H;5H,1-4H2,(H2,7,8);2*1H;/q;;;;;+3/p-3. The van der Waals surface area contributed by atoms with Crippen LogP contribution < -0.4 is 38.4 Å². The van der Waals surface area contributed by atoms with Gasteiger partial charge in [0.1, 0.15) is 0 Å². The van der Waals surface area contributed by atoms with Crippen LogP contribution in [0.25, 0.3) is 6.08 Å². The number of amides is 1. The van der Waals surface area contributed by atoms with E-state index in [2.05, 4.69) is 100 Å². The zero-order chi connectivity index (χ0) is 21.0. The van der Waals surface area contributed by atoms with Crippen molar-refractivity contribution in [3.63, 3.8) is 0 Å². The molecule has 1 saturated carbocycles. The summed E-state index contributed by atoms with van der Waals surface area (Å²) in [4.78, 5) is 13.4. The molecule has 0 aromatic heterocycles. The molecule has 0 spiro atoms. The molecule has 33 heavy (non-hydrogen) atoms. The van der Waals surface area contributed by atoms with Crippen molar-refractivity contribution in [1.29, 1.82) is 0 Å². The summed E-state index contributed by atoms with van der Waals surface area (Å²) in [7, 11) is 0. The van der Waals surface area contributed by atoms with Crippen molar-refractivity contribution in [2.45, 2.75) is 29.3 Å². The second-order valence-corrected chi connectivity index (χ2v) is 23.2. The van der Waals surface area contributed by atoms with Gasteiger partial charge in [-0.15, -0.1) is 0 Å². The van der Waals surface area contributed by atoms with Crippen LogP contribution in [0.3, 0.4) is 0 Å². The Morgan fingerprint density at radius 3 is 1.94 bits per heavy atom. The Hall–Kier alpha value is -1.45. The molecule has 2 aliphatic carbocycles. The Labute approximate surface area is 218 Å². The second-order valence-electron chi connectivity index (χ2n) is 8.65. The third kappa shape index (κ3) is 5.80. The Morgan fingerprint density at radius 1 is 0.788 bits per heavy atom. The number of carbonyl (C=O) groups is 1. The Balaban J connectivity index is 0.00000153. The van der Waals surface area contributed by atoms with E-state index in [4.69, 9.17) is 0 Å². The Morgan fingerprint density at radius 2 is 1.33 bits per heavy atom. The van der Waals surface area contributed by atoms with Crippen LogP contribution in [0.2, 0.25) is 0 Å². The minimum Gasteiger partial charge on any atom is -1.00 e. The number of hydrogen-bond acceptors (Lipinski definition) is 1. The van der Waals surface area contributed by atoms with E-state index in [0.717, 1.165) is 12.8 Å². The van der Waals surface area contributed by atoms with Crippen LogP contribution in [0, 0.1) is 5.92 Å². The fraction of sp³-hybridized carbons (Fsp3) is 0.222. The number of halogens is 2. The maximum Gasteiger partial charge on any atom is -1.00 e. The summed E-state index contributed by atoms with van der Waals surface area (Å²) in [6, 6.07) is 30.8. The largest absolute Gasteiger partial charge is 1.00 e. The van der Waals surface area contributed by atoms with Crippen LogP contribution in [-0.2, 0) is 26.0 Å². The van der Waals surface area contributed by atoms with Crippen LogP contribution in [-0.4, -0.2) is 11.8 Å². The van der Waals surface area contributed by atoms with Crippen molar-refractivity contribution in [1.82, 2.24) is 3.26 Å². The van der Waals surface area contributed by atoms with Crippen LogP contribution in [0.15, 0.2) is 91.0 Å². The molecule has 2 nitrogen and oxygen atoms in total. The summed E-state index contributed by atoms with van der Waals surface area (Å²) in [5.41, 5.74) is 2.75. The van der Waals surface area contributed by atoms with Crippen molar-refractivity contribution < 1.29 is 50.8 Å². The number of nitrogens with one attached hydrogen (secondary N) is 1. The molecule has 0 heterocycles. The molecule has 0 radical (unpaired) electrons. The predicted octanol–water partition coefficient (Wildman–Crippen LogP) is -1.86. The van der Waals surface area contributed by atoms with Gasteiger partial charge in [-0.3, -0.25) is 0 Å². The first kappa shape index (κ1) is 26.2. The second kappa shape index (κ2) is 12.3. The first-order valence-corrected chi connectivity index (χ1v) is 20.0. The maximum atomic E-state index is 13.4. The molecule has 5 rings (SSSR count). The summed E-state index contributed by atoms with van der Waals surface area (Å²) >= 11 is -2.52. The van der Waals surface area contributed by atoms with Gasteiger partial charge in [-0.2, -0.15) is 0 Å². The van der Waals surface area contributed by atoms with Crippen molar-refractivity contribution in [3.8, 4) is 0 Å². The summed E-state index contributed by atoms with van der Waals surface area (Å²) in [6.45, 7) is 0. The molecule has 1 fully saturated rings. The summed E-state index contributed by atoms with van der Waals surface area (Å²) in [5.74, 6) is -1.00. The van der Waals surface area contributed by atoms with Crippen molar-refractivity contribution in [2.24, 2.45) is 5.92 Å². The van der Waals surface area contributed by atoms with E-state index in [1.54, 1.807) is 0 Å². The summed E-state index contributed by atoms with van der Waals surface area (Å²) in [5, 5.41) is 2.93. The molecule has 6 heteroatoms. The maximum absolute atomic E-state index is 13.4. The Kier molecular flexibility index (Phi) is 9.76. The molecule has 169 valence electrons. The Bertz CT molecular complexity index is 1030. The number of carbonyl (C=O) groups excluding carboxylic acids is 1. The minimum absolute atomic E-state index is 0. The van der Waals surface area contributed by atoms with Gasteiger partial charge in [0.2, 0.25) is 0 Å². The van der Waals surface area contributed by atoms with E-state index in [1.807, 2.05) is 0 Å². The summed E-state index contributed by atoms with van der Waals surface area (Å²) in [6.07, 6.45) is 9.19. The van der Waals surface area contributed by atoms with Crippen molar-refractivity contribution in [2.75, 3.05) is 0 Å². The summed E-state index contributed by atoms with van der Waals surface area (Å²) < 4.78 is 4.21. The molecule has 3 aromatic rings. The SMILES string of the molecule is O=C([NH][Zr+2]([CH]1C=Cc2ccccc21)[SiH](c1ccccc1)c1ccccc1)C1CCCC1.[Cl-].[Cl-]. The average Bonchev–Trinajstić information content (AvgIpc) is 3.51. The first-order valence-electron chi connectivity index (χ1n) is 11.4. The molecular weight excluding hydrogens is 545 g/mol. The van der Waals surface area contributed by atoms with E-state index in [-0.39, 0.29) is 30.7 Å². The van der Waals surface area contributed by atoms with Gasteiger partial charge in [0.05, 0.1) is 0 Å². The fourth-order valence-corrected chi connectivity index (χ4v) is 26.2. The van der Waals surface area contributed by atoms with E-state index in [1.165, 1.54) is 34.3 Å². The van der Waals surface area contributed by atoms with Gasteiger partial charge in [-0.05, 0) is 0 Å². The molecule has 1 unspecified atom stereocenters. The molecule has 1 atom stereocenters.